The molecule has 0 atom stereocenters. The molecule has 2 aromatic rings. The van der Waals surface area contributed by atoms with E-state index < -0.39 is 24.4 Å². The normalized spacial score (nSPS) is 12.7. The van der Waals surface area contributed by atoms with Gasteiger partial charge in [-0.05, 0) is 48.7 Å². The van der Waals surface area contributed by atoms with E-state index in [-0.39, 0.29) is 22.6 Å². The maximum absolute atomic E-state index is 12.6. The number of anilines is 1. The van der Waals surface area contributed by atoms with Gasteiger partial charge in [0.15, 0.2) is 6.61 Å². The third-order valence-corrected chi connectivity index (χ3v) is 5.20. The molecule has 1 N–H and O–H groups in total. The van der Waals surface area contributed by atoms with Crippen molar-refractivity contribution in [2.24, 2.45) is 5.92 Å². The second-order valence-corrected chi connectivity index (χ2v) is 8.09. The maximum atomic E-state index is 12.6. The van der Waals surface area contributed by atoms with Crippen molar-refractivity contribution in [1.29, 1.82) is 0 Å². The van der Waals surface area contributed by atoms with Crippen LogP contribution in [0.15, 0.2) is 36.4 Å². The summed E-state index contributed by atoms with van der Waals surface area (Å²) in [4.78, 5) is 50.7. The Balaban J connectivity index is 1.61. The number of nitrogens with zero attached hydrogens (tertiary/aromatic N) is 1. The van der Waals surface area contributed by atoms with Crippen LogP contribution in [0.2, 0.25) is 5.02 Å². The Kier molecular flexibility index (Phi) is 7.15. The lowest BCUT2D eigenvalue weighted by atomic mass is 10.1. The fraction of sp³-hybridized carbons (Fsp3) is 0.304. The van der Waals surface area contributed by atoms with Crippen LogP contribution in [0, 0.1) is 5.92 Å². The lowest BCUT2D eigenvalue weighted by Crippen LogP contribution is -2.31. The number of benzene rings is 2. The van der Waals surface area contributed by atoms with Crippen LogP contribution in [0.5, 0.6) is 5.75 Å². The molecular weight excluding hydrogens is 436 g/mol. The SMILES string of the molecule is COc1ccc(NC(=O)COC(=O)c2ccc3c(c2)C(=O)N(CCC(C)C)C3=O)cc1Cl. The topological polar surface area (TPSA) is 102 Å². The summed E-state index contributed by atoms with van der Waals surface area (Å²) in [5.41, 5.74) is 0.908. The zero-order chi connectivity index (χ0) is 23.4. The Morgan fingerprint density at radius 3 is 2.44 bits per heavy atom. The van der Waals surface area contributed by atoms with E-state index in [0.717, 1.165) is 0 Å². The molecular formula is C23H23ClN2O6. The fourth-order valence-electron chi connectivity index (χ4n) is 3.16. The molecule has 0 spiro atoms. The van der Waals surface area contributed by atoms with Gasteiger partial charge in [0.05, 0.1) is 28.8 Å². The fourth-order valence-corrected chi connectivity index (χ4v) is 3.42. The van der Waals surface area contributed by atoms with E-state index >= 15 is 0 Å². The average Bonchev–Trinajstić information content (AvgIpc) is 3.00. The Labute approximate surface area is 190 Å². The molecule has 1 heterocycles. The van der Waals surface area contributed by atoms with E-state index in [1.165, 1.54) is 36.3 Å². The minimum atomic E-state index is -0.781. The number of carbonyl (C=O) groups is 4. The van der Waals surface area contributed by atoms with E-state index in [2.05, 4.69) is 5.32 Å². The van der Waals surface area contributed by atoms with Crippen LogP contribution in [0.25, 0.3) is 0 Å². The highest BCUT2D eigenvalue weighted by Gasteiger charge is 2.35. The lowest BCUT2D eigenvalue weighted by Gasteiger charge is -2.14. The minimum absolute atomic E-state index is 0.0795. The number of fused-ring (bicyclic) bond motifs is 1. The first-order valence-electron chi connectivity index (χ1n) is 10.0. The molecule has 0 aromatic heterocycles. The van der Waals surface area contributed by atoms with Gasteiger partial charge in [-0.1, -0.05) is 25.4 Å². The van der Waals surface area contributed by atoms with Gasteiger partial charge >= 0.3 is 5.97 Å². The highest BCUT2D eigenvalue weighted by Crippen LogP contribution is 2.27. The lowest BCUT2D eigenvalue weighted by molar-refractivity contribution is -0.119. The predicted molar refractivity (Wildman–Crippen MR) is 118 cm³/mol. The van der Waals surface area contributed by atoms with E-state index in [9.17, 15) is 19.2 Å². The molecule has 0 aliphatic carbocycles. The number of carbonyl (C=O) groups excluding carboxylic acids is 4. The summed E-state index contributed by atoms with van der Waals surface area (Å²) in [5.74, 6) is -1.35. The highest BCUT2D eigenvalue weighted by atomic mass is 35.5. The number of imide groups is 1. The monoisotopic (exact) mass is 458 g/mol. The van der Waals surface area contributed by atoms with Crippen molar-refractivity contribution in [3.8, 4) is 5.75 Å². The first-order valence-corrected chi connectivity index (χ1v) is 10.4. The highest BCUT2D eigenvalue weighted by molar-refractivity contribution is 6.32. The average molecular weight is 459 g/mol. The number of ether oxygens (including phenoxy) is 2. The van der Waals surface area contributed by atoms with Gasteiger partial charge < -0.3 is 14.8 Å². The van der Waals surface area contributed by atoms with Gasteiger partial charge in [-0.2, -0.15) is 0 Å². The van der Waals surface area contributed by atoms with Crippen molar-refractivity contribution in [2.75, 3.05) is 25.6 Å². The van der Waals surface area contributed by atoms with Crippen molar-refractivity contribution < 1.29 is 28.7 Å². The third-order valence-electron chi connectivity index (χ3n) is 4.91. The number of nitrogens with one attached hydrogen (secondary N) is 1. The van der Waals surface area contributed by atoms with Gasteiger partial charge in [0.1, 0.15) is 5.75 Å². The van der Waals surface area contributed by atoms with Crippen molar-refractivity contribution in [3.63, 3.8) is 0 Å². The zero-order valence-electron chi connectivity index (χ0n) is 17.9. The van der Waals surface area contributed by atoms with E-state index in [1.54, 1.807) is 12.1 Å². The van der Waals surface area contributed by atoms with Gasteiger partial charge in [-0.25, -0.2) is 4.79 Å². The second kappa shape index (κ2) is 9.82. The van der Waals surface area contributed by atoms with Crippen LogP contribution >= 0.6 is 11.6 Å². The first-order chi connectivity index (χ1) is 15.2. The number of halogens is 1. The van der Waals surface area contributed by atoms with Crippen LogP contribution in [0.1, 0.15) is 51.3 Å². The van der Waals surface area contributed by atoms with E-state index in [4.69, 9.17) is 21.1 Å². The standard InChI is InChI=1S/C23H23ClN2O6/c1-13(2)8-9-26-21(28)16-6-4-14(10-17(16)22(26)29)23(30)32-12-20(27)25-15-5-7-19(31-3)18(24)11-15/h4-7,10-11,13H,8-9,12H2,1-3H3,(H,25,27). The molecule has 0 unspecified atom stereocenters. The van der Waals surface area contributed by atoms with Crippen molar-refractivity contribution in [2.45, 2.75) is 20.3 Å². The number of hydrogen-bond acceptors (Lipinski definition) is 6. The molecule has 0 radical (unpaired) electrons. The minimum Gasteiger partial charge on any atom is -0.495 e. The molecule has 3 amide bonds. The Morgan fingerprint density at radius 2 is 1.78 bits per heavy atom. The van der Waals surface area contributed by atoms with Gasteiger partial charge in [-0.15, -0.1) is 0 Å². The summed E-state index contributed by atoms with van der Waals surface area (Å²) in [6.07, 6.45) is 0.689. The number of esters is 1. The predicted octanol–water partition coefficient (Wildman–Crippen LogP) is 3.79. The molecule has 0 fully saturated rings. The van der Waals surface area contributed by atoms with Crippen molar-refractivity contribution >= 4 is 41.0 Å². The van der Waals surface area contributed by atoms with Crippen LogP contribution in [-0.4, -0.2) is 48.9 Å². The molecule has 1 aliphatic rings. The summed E-state index contributed by atoms with van der Waals surface area (Å²) in [6.45, 7) is 3.80. The van der Waals surface area contributed by atoms with Gasteiger partial charge in [0.2, 0.25) is 0 Å². The Hall–Kier alpha value is -3.39. The number of hydrogen-bond donors (Lipinski definition) is 1. The van der Waals surface area contributed by atoms with E-state index in [1.807, 2.05) is 13.8 Å². The zero-order valence-corrected chi connectivity index (χ0v) is 18.7. The molecule has 2 aromatic carbocycles. The molecule has 0 saturated carbocycles. The van der Waals surface area contributed by atoms with Crippen LogP contribution < -0.4 is 10.1 Å². The molecule has 0 saturated heterocycles. The summed E-state index contributed by atoms with van der Waals surface area (Å²) in [7, 11) is 1.48. The summed E-state index contributed by atoms with van der Waals surface area (Å²) in [6, 6.07) is 8.86. The van der Waals surface area contributed by atoms with Gasteiger partial charge in [-0.3, -0.25) is 19.3 Å². The number of rotatable bonds is 8. The van der Waals surface area contributed by atoms with Crippen LogP contribution in [0.3, 0.4) is 0 Å². The third kappa shape index (κ3) is 5.08. The number of methoxy groups -OCH3 is 1. The summed E-state index contributed by atoms with van der Waals surface area (Å²) < 4.78 is 10.1. The molecule has 9 heteroatoms. The van der Waals surface area contributed by atoms with Crippen molar-refractivity contribution in [1.82, 2.24) is 4.90 Å². The van der Waals surface area contributed by atoms with E-state index in [0.29, 0.717) is 35.3 Å². The molecule has 1 aliphatic heterocycles. The van der Waals surface area contributed by atoms with Crippen molar-refractivity contribution in [3.05, 3.63) is 58.1 Å². The maximum Gasteiger partial charge on any atom is 0.338 e. The Bertz CT molecular complexity index is 1080. The first kappa shape index (κ1) is 23.3. The van der Waals surface area contributed by atoms with Crippen LogP contribution in [-0.2, 0) is 9.53 Å². The molecule has 3 rings (SSSR count). The summed E-state index contributed by atoms with van der Waals surface area (Å²) in [5, 5.41) is 2.88. The second-order valence-electron chi connectivity index (χ2n) is 7.68. The number of amides is 3. The smallest absolute Gasteiger partial charge is 0.338 e. The molecule has 8 nitrogen and oxygen atoms in total. The van der Waals surface area contributed by atoms with Crippen LogP contribution in [0.4, 0.5) is 5.69 Å². The molecule has 32 heavy (non-hydrogen) atoms. The van der Waals surface area contributed by atoms with Gasteiger partial charge in [0.25, 0.3) is 17.7 Å². The van der Waals surface area contributed by atoms with Gasteiger partial charge in [0, 0.05) is 12.2 Å². The quantitative estimate of drug-likeness (QED) is 0.477. The molecule has 0 bridgehead atoms. The summed E-state index contributed by atoms with van der Waals surface area (Å²) >= 11 is 6.02. The largest absolute Gasteiger partial charge is 0.495 e. The Morgan fingerprint density at radius 1 is 1.06 bits per heavy atom. The molecule has 168 valence electrons.